The summed E-state index contributed by atoms with van der Waals surface area (Å²) in [7, 11) is 4.40. The van der Waals surface area contributed by atoms with Gasteiger partial charge in [0.1, 0.15) is 0 Å². The summed E-state index contributed by atoms with van der Waals surface area (Å²) >= 11 is 0. The monoisotopic (exact) mass is 378 g/mol. The molecule has 0 bridgehead atoms. The summed E-state index contributed by atoms with van der Waals surface area (Å²) in [5.41, 5.74) is 3.26. The van der Waals surface area contributed by atoms with Crippen LogP contribution in [0.2, 0.25) is 0 Å². The van der Waals surface area contributed by atoms with Crippen LogP contribution in [0.1, 0.15) is 59.6 Å². The number of rotatable bonds is 7. The Morgan fingerprint density at radius 2 is 1.64 bits per heavy atom. The van der Waals surface area contributed by atoms with Crippen LogP contribution in [0.15, 0.2) is 54.6 Å². The fourth-order valence-electron chi connectivity index (χ4n) is 4.75. The minimum atomic E-state index is 0.0588. The van der Waals surface area contributed by atoms with Crippen LogP contribution in [0.25, 0.3) is 0 Å². The summed E-state index contributed by atoms with van der Waals surface area (Å²) in [4.78, 5) is 14.7. The standard InChI is InChI=1S/C25H34N2O/c1-19-9-7-8-12-23(19)25(28)26-18-17-20-13-15-22(16-14-20)24(27(2)3)21-10-5-4-6-11-21/h4-12,20,22,24H,13-18H2,1-3H3,(H,26,28). The molecule has 1 saturated carbocycles. The van der Waals surface area contributed by atoms with Gasteiger partial charge in [-0.15, -0.1) is 0 Å². The first-order chi connectivity index (χ1) is 13.6. The third kappa shape index (κ3) is 5.23. The smallest absolute Gasteiger partial charge is 0.251 e. The van der Waals surface area contributed by atoms with E-state index in [0.717, 1.165) is 35.9 Å². The minimum absolute atomic E-state index is 0.0588. The molecule has 1 amide bonds. The summed E-state index contributed by atoms with van der Waals surface area (Å²) in [6.07, 6.45) is 6.16. The molecule has 1 N–H and O–H groups in total. The van der Waals surface area contributed by atoms with Gasteiger partial charge in [-0.1, -0.05) is 61.4 Å². The Bertz CT molecular complexity index is 748. The zero-order valence-electron chi connectivity index (χ0n) is 17.5. The lowest BCUT2D eigenvalue weighted by molar-refractivity contribution is 0.0946. The molecule has 0 aromatic heterocycles. The first-order valence-electron chi connectivity index (χ1n) is 10.6. The second-order valence-corrected chi connectivity index (χ2v) is 8.46. The lowest BCUT2D eigenvalue weighted by Gasteiger charge is -2.37. The second-order valence-electron chi connectivity index (χ2n) is 8.46. The van der Waals surface area contributed by atoms with E-state index in [1.807, 2.05) is 31.2 Å². The van der Waals surface area contributed by atoms with E-state index in [1.165, 1.54) is 31.2 Å². The number of benzene rings is 2. The molecule has 3 nitrogen and oxygen atoms in total. The maximum atomic E-state index is 12.4. The van der Waals surface area contributed by atoms with Gasteiger partial charge < -0.3 is 10.2 Å². The van der Waals surface area contributed by atoms with Crippen LogP contribution >= 0.6 is 0 Å². The fraction of sp³-hybridized carbons (Fsp3) is 0.480. The molecule has 1 aliphatic carbocycles. The average molecular weight is 379 g/mol. The van der Waals surface area contributed by atoms with Crippen LogP contribution in [-0.2, 0) is 0 Å². The molecule has 3 heteroatoms. The van der Waals surface area contributed by atoms with E-state index in [-0.39, 0.29) is 5.91 Å². The van der Waals surface area contributed by atoms with E-state index in [0.29, 0.717) is 6.04 Å². The Labute approximate surface area is 170 Å². The lowest BCUT2D eigenvalue weighted by Crippen LogP contribution is -2.31. The zero-order chi connectivity index (χ0) is 19.9. The van der Waals surface area contributed by atoms with Gasteiger partial charge in [-0.05, 0) is 69.3 Å². The molecule has 1 fully saturated rings. The predicted octanol–water partition coefficient (Wildman–Crippen LogP) is 5.22. The van der Waals surface area contributed by atoms with Gasteiger partial charge in [-0.2, -0.15) is 0 Å². The van der Waals surface area contributed by atoms with Gasteiger partial charge in [0.05, 0.1) is 0 Å². The molecule has 2 aromatic carbocycles. The van der Waals surface area contributed by atoms with Crippen molar-refractivity contribution in [2.45, 2.75) is 45.1 Å². The molecule has 0 spiro atoms. The van der Waals surface area contributed by atoms with E-state index >= 15 is 0 Å². The van der Waals surface area contributed by atoms with Crippen LogP contribution < -0.4 is 5.32 Å². The Morgan fingerprint density at radius 3 is 2.29 bits per heavy atom. The molecule has 0 saturated heterocycles. The van der Waals surface area contributed by atoms with Gasteiger partial charge in [-0.25, -0.2) is 0 Å². The number of hydrogen-bond acceptors (Lipinski definition) is 2. The maximum Gasteiger partial charge on any atom is 0.251 e. The van der Waals surface area contributed by atoms with Crippen LogP contribution in [0.3, 0.4) is 0 Å². The van der Waals surface area contributed by atoms with Gasteiger partial charge in [0.15, 0.2) is 0 Å². The number of hydrogen-bond donors (Lipinski definition) is 1. The number of amides is 1. The number of nitrogens with zero attached hydrogens (tertiary/aromatic N) is 1. The van der Waals surface area contributed by atoms with Crippen molar-refractivity contribution in [3.05, 3.63) is 71.3 Å². The largest absolute Gasteiger partial charge is 0.352 e. The molecule has 0 heterocycles. The predicted molar refractivity (Wildman–Crippen MR) is 116 cm³/mol. The van der Waals surface area contributed by atoms with Crippen LogP contribution in [0.4, 0.5) is 0 Å². The van der Waals surface area contributed by atoms with Crippen molar-refractivity contribution >= 4 is 5.91 Å². The van der Waals surface area contributed by atoms with Crippen molar-refractivity contribution in [2.24, 2.45) is 11.8 Å². The Kier molecular flexibility index (Phi) is 7.27. The van der Waals surface area contributed by atoms with Crippen LogP contribution in [0, 0.1) is 18.8 Å². The van der Waals surface area contributed by atoms with E-state index in [1.54, 1.807) is 0 Å². The van der Waals surface area contributed by atoms with Gasteiger partial charge in [0, 0.05) is 18.2 Å². The van der Waals surface area contributed by atoms with Crippen molar-refractivity contribution in [1.82, 2.24) is 10.2 Å². The van der Waals surface area contributed by atoms with Crippen LogP contribution in [-0.4, -0.2) is 31.4 Å². The zero-order valence-corrected chi connectivity index (χ0v) is 17.5. The van der Waals surface area contributed by atoms with Gasteiger partial charge in [0.25, 0.3) is 5.91 Å². The second kappa shape index (κ2) is 9.88. The topological polar surface area (TPSA) is 32.3 Å². The highest BCUT2D eigenvalue weighted by Gasteiger charge is 2.29. The first-order valence-corrected chi connectivity index (χ1v) is 10.6. The number of aryl methyl sites for hydroxylation is 1. The minimum Gasteiger partial charge on any atom is -0.352 e. The molecule has 3 rings (SSSR count). The molecule has 1 aliphatic rings. The highest BCUT2D eigenvalue weighted by atomic mass is 16.1. The number of nitrogens with one attached hydrogen (secondary N) is 1. The van der Waals surface area contributed by atoms with Crippen molar-refractivity contribution < 1.29 is 4.79 Å². The molecular formula is C25H34N2O. The van der Waals surface area contributed by atoms with Gasteiger partial charge >= 0.3 is 0 Å². The lowest BCUT2D eigenvalue weighted by atomic mass is 9.75. The molecule has 2 aromatic rings. The Hall–Kier alpha value is -2.13. The third-order valence-corrected chi connectivity index (χ3v) is 6.26. The number of carbonyl (C=O) groups excluding carboxylic acids is 1. The van der Waals surface area contributed by atoms with E-state index in [4.69, 9.17) is 0 Å². The number of carbonyl (C=O) groups is 1. The molecule has 1 atom stereocenters. The Morgan fingerprint density at radius 1 is 1.00 bits per heavy atom. The Balaban J connectivity index is 1.46. The van der Waals surface area contributed by atoms with Gasteiger partial charge in [0.2, 0.25) is 0 Å². The third-order valence-electron chi connectivity index (χ3n) is 6.26. The van der Waals surface area contributed by atoms with Gasteiger partial charge in [-0.3, -0.25) is 4.79 Å². The van der Waals surface area contributed by atoms with Crippen molar-refractivity contribution in [2.75, 3.05) is 20.6 Å². The SMILES string of the molecule is Cc1ccccc1C(=O)NCCC1CCC(C(c2ccccc2)N(C)C)CC1. The van der Waals surface area contributed by atoms with Crippen molar-refractivity contribution in [3.63, 3.8) is 0 Å². The maximum absolute atomic E-state index is 12.4. The molecule has 28 heavy (non-hydrogen) atoms. The summed E-state index contributed by atoms with van der Waals surface area (Å²) < 4.78 is 0. The summed E-state index contributed by atoms with van der Waals surface area (Å²) in [6.45, 7) is 2.77. The molecule has 150 valence electrons. The fourth-order valence-corrected chi connectivity index (χ4v) is 4.75. The van der Waals surface area contributed by atoms with E-state index in [2.05, 4.69) is 54.6 Å². The van der Waals surface area contributed by atoms with Crippen molar-refractivity contribution in [3.8, 4) is 0 Å². The van der Waals surface area contributed by atoms with E-state index in [9.17, 15) is 4.79 Å². The first kappa shape index (κ1) is 20.6. The summed E-state index contributed by atoms with van der Waals surface area (Å²) in [5.74, 6) is 1.51. The molecular weight excluding hydrogens is 344 g/mol. The average Bonchev–Trinajstić information content (AvgIpc) is 2.70. The highest BCUT2D eigenvalue weighted by molar-refractivity contribution is 5.95. The highest BCUT2D eigenvalue weighted by Crippen LogP contribution is 2.40. The molecule has 0 aliphatic heterocycles. The molecule has 1 unspecified atom stereocenters. The van der Waals surface area contributed by atoms with Crippen LogP contribution in [0.5, 0.6) is 0 Å². The quantitative estimate of drug-likeness (QED) is 0.716. The van der Waals surface area contributed by atoms with Crippen molar-refractivity contribution in [1.29, 1.82) is 0 Å². The summed E-state index contributed by atoms with van der Waals surface area (Å²) in [5, 5.41) is 3.12. The molecule has 0 radical (unpaired) electrons. The summed E-state index contributed by atoms with van der Waals surface area (Å²) in [6, 6.07) is 19.2. The van der Waals surface area contributed by atoms with E-state index < -0.39 is 0 Å². The normalized spacial score (nSPS) is 20.7.